The molecule has 1 unspecified atom stereocenters. The van der Waals surface area contributed by atoms with Gasteiger partial charge >= 0.3 is 0 Å². The molecule has 2 aliphatic rings. The molecule has 1 amide bonds. The van der Waals surface area contributed by atoms with Crippen molar-refractivity contribution in [1.82, 2.24) is 9.88 Å². The average Bonchev–Trinajstić information content (AvgIpc) is 2.66. The monoisotopic (exact) mass is 366 g/mol. The minimum atomic E-state index is -0.440. The Hall–Kier alpha value is -1.57. The molecule has 1 spiro atoms. The van der Waals surface area contributed by atoms with E-state index in [1.807, 2.05) is 6.92 Å². The predicted molar refractivity (Wildman–Crippen MR) is 93.5 cm³/mol. The number of amides is 1. The van der Waals surface area contributed by atoms with Crippen molar-refractivity contribution in [3.8, 4) is 0 Å². The molecule has 3 heterocycles. The van der Waals surface area contributed by atoms with Gasteiger partial charge in [0.25, 0.3) is 5.91 Å². The molecule has 2 saturated heterocycles. The number of rotatable bonds is 6. The van der Waals surface area contributed by atoms with Crippen molar-refractivity contribution in [1.29, 1.82) is 0 Å². The summed E-state index contributed by atoms with van der Waals surface area (Å²) in [5, 5.41) is 0. The lowest BCUT2D eigenvalue weighted by atomic mass is 9.83. The van der Waals surface area contributed by atoms with Crippen LogP contribution in [0, 0.1) is 5.82 Å². The van der Waals surface area contributed by atoms with Crippen LogP contribution in [0.4, 0.5) is 4.39 Å². The summed E-state index contributed by atoms with van der Waals surface area (Å²) >= 11 is 0. The van der Waals surface area contributed by atoms with E-state index in [1.165, 1.54) is 12.1 Å². The van der Waals surface area contributed by atoms with Gasteiger partial charge in [0.05, 0.1) is 31.1 Å². The lowest BCUT2D eigenvalue weighted by molar-refractivity contribution is -0.155. The summed E-state index contributed by atoms with van der Waals surface area (Å²) in [4.78, 5) is 18.2. The van der Waals surface area contributed by atoms with Gasteiger partial charge in [-0.3, -0.25) is 4.79 Å². The molecule has 0 aliphatic carbocycles. The maximum absolute atomic E-state index is 13.0. The third kappa shape index (κ3) is 4.78. The second kappa shape index (κ2) is 8.88. The maximum atomic E-state index is 13.0. The number of ether oxygens (including phenoxy) is 3. The molecule has 0 bridgehead atoms. The van der Waals surface area contributed by atoms with Crippen LogP contribution in [0.1, 0.15) is 43.1 Å². The summed E-state index contributed by atoms with van der Waals surface area (Å²) in [6, 6.07) is 2.70. The van der Waals surface area contributed by atoms with Crippen LogP contribution in [0.25, 0.3) is 0 Å². The highest BCUT2D eigenvalue weighted by molar-refractivity contribution is 5.92. The Morgan fingerprint density at radius 1 is 1.38 bits per heavy atom. The van der Waals surface area contributed by atoms with E-state index >= 15 is 0 Å². The van der Waals surface area contributed by atoms with Crippen LogP contribution in [0.2, 0.25) is 0 Å². The van der Waals surface area contributed by atoms with Gasteiger partial charge in [-0.25, -0.2) is 9.37 Å². The van der Waals surface area contributed by atoms with E-state index < -0.39 is 5.82 Å². The number of hydrogen-bond donors (Lipinski definition) is 0. The zero-order chi connectivity index (χ0) is 18.4. The Balaban J connectivity index is 1.50. The normalized spacial score (nSPS) is 22.5. The number of pyridine rings is 1. The zero-order valence-electron chi connectivity index (χ0n) is 15.3. The fraction of sp³-hybridized carbons (Fsp3) is 0.684. The number of likely N-dealkylation sites (tertiary alicyclic amines) is 1. The van der Waals surface area contributed by atoms with E-state index in [2.05, 4.69) is 4.98 Å². The minimum absolute atomic E-state index is 0.153. The van der Waals surface area contributed by atoms with Gasteiger partial charge in [0.1, 0.15) is 11.5 Å². The molecule has 1 aromatic rings. The van der Waals surface area contributed by atoms with Crippen molar-refractivity contribution in [2.45, 2.75) is 44.3 Å². The Kier molecular flexibility index (Phi) is 6.56. The lowest BCUT2D eigenvalue weighted by Gasteiger charge is -2.46. The number of nitrogens with zero attached hydrogens (tertiary/aromatic N) is 2. The molecule has 1 aromatic heterocycles. The summed E-state index contributed by atoms with van der Waals surface area (Å²) in [5.41, 5.74) is 0.0747. The fourth-order valence-corrected chi connectivity index (χ4v) is 3.67. The summed E-state index contributed by atoms with van der Waals surface area (Å²) in [6.07, 6.45) is 4.58. The lowest BCUT2D eigenvalue weighted by Crippen LogP contribution is -2.52. The van der Waals surface area contributed by atoms with Gasteiger partial charge in [0.2, 0.25) is 0 Å². The van der Waals surface area contributed by atoms with Gasteiger partial charge in [-0.1, -0.05) is 0 Å². The highest BCUT2D eigenvalue weighted by Crippen LogP contribution is 2.36. The molecule has 2 fully saturated rings. The molecule has 26 heavy (non-hydrogen) atoms. The average molecular weight is 366 g/mol. The number of carbonyl (C=O) groups is 1. The predicted octanol–water partition coefficient (Wildman–Crippen LogP) is 2.43. The van der Waals surface area contributed by atoms with Crippen LogP contribution in [0.3, 0.4) is 0 Å². The van der Waals surface area contributed by atoms with Crippen LogP contribution in [-0.4, -0.2) is 67.0 Å². The Bertz CT molecular complexity index is 588. The first-order valence-corrected chi connectivity index (χ1v) is 9.36. The number of carbonyl (C=O) groups excluding carboxylic acids is 1. The van der Waals surface area contributed by atoms with E-state index in [9.17, 15) is 9.18 Å². The van der Waals surface area contributed by atoms with Gasteiger partial charge in [0.15, 0.2) is 0 Å². The number of aromatic nitrogens is 1. The summed E-state index contributed by atoms with van der Waals surface area (Å²) in [6.45, 7) is 5.82. The van der Waals surface area contributed by atoms with Gasteiger partial charge in [-0.2, -0.15) is 0 Å². The van der Waals surface area contributed by atoms with E-state index in [1.54, 1.807) is 4.90 Å². The number of hydrogen-bond acceptors (Lipinski definition) is 5. The van der Waals surface area contributed by atoms with Crippen molar-refractivity contribution < 1.29 is 23.4 Å². The third-order valence-electron chi connectivity index (χ3n) is 5.14. The molecular weight excluding hydrogens is 339 g/mol. The second-order valence-corrected chi connectivity index (χ2v) is 6.87. The largest absolute Gasteiger partial charge is 0.379 e. The molecule has 0 aromatic carbocycles. The molecule has 2 aliphatic heterocycles. The van der Waals surface area contributed by atoms with Crippen molar-refractivity contribution in [3.05, 3.63) is 29.8 Å². The Labute approximate surface area is 153 Å². The second-order valence-electron chi connectivity index (χ2n) is 6.87. The summed E-state index contributed by atoms with van der Waals surface area (Å²) in [7, 11) is 0. The van der Waals surface area contributed by atoms with Crippen LogP contribution >= 0.6 is 0 Å². The highest BCUT2D eigenvalue weighted by Gasteiger charge is 2.41. The Morgan fingerprint density at radius 3 is 2.88 bits per heavy atom. The molecule has 3 rings (SSSR count). The van der Waals surface area contributed by atoms with Crippen molar-refractivity contribution in [2.24, 2.45) is 0 Å². The molecule has 144 valence electrons. The van der Waals surface area contributed by atoms with Crippen LogP contribution in [0.5, 0.6) is 0 Å². The molecule has 1 atom stereocenters. The first-order chi connectivity index (χ1) is 12.6. The molecule has 7 heteroatoms. The first kappa shape index (κ1) is 19.2. The summed E-state index contributed by atoms with van der Waals surface area (Å²) in [5.74, 6) is -0.592. The standard InChI is InChI=1S/C19H27FN2O4/c1-2-24-11-12-25-16-5-10-26-19(13-16)6-8-22(9-7-19)18(23)17-4-3-15(20)14-21-17/h3-4,14,16H,2,5-13H2,1H3. The van der Waals surface area contributed by atoms with Crippen molar-refractivity contribution in [3.63, 3.8) is 0 Å². The quantitative estimate of drug-likeness (QED) is 0.724. The smallest absolute Gasteiger partial charge is 0.272 e. The third-order valence-corrected chi connectivity index (χ3v) is 5.14. The molecular formula is C19H27FN2O4. The molecule has 0 saturated carbocycles. The van der Waals surface area contributed by atoms with Crippen LogP contribution < -0.4 is 0 Å². The van der Waals surface area contributed by atoms with Gasteiger partial charge in [0, 0.05) is 32.7 Å². The highest BCUT2D eigenvalue weighted by atomic mass is 19.1. The number of halogens is 1. The molecule has 0 radical (unpaired) electrons. The number of piperidine rings is 1. The molecule has 0 N–H and O–H groups in total. The maximum Gasteiger partial charge on any atom is 0.272 e. The van der Waals surface area contributed by atoms with Crippen molar-refractivity contribution >= 4 is 5.91 Å². The zero-order valence-corrected chi connectivity index (χ0v) is 15.3. The molecule has 6 nitrogen and oxygen atoms in total. The van der Waals surface area contributed by atoms with Gasteiger partial charge in [-0.05, 0) is 38.3 Å². The van der Waals surface area contributed by atoms with Crippen LogP contribution in [-0.2, 0) is 14.2 Å². The van der Waals surface area contributed by atoms with E-state index in [0.29, 0.717) is 39.5 Å². The van der Waals surface area contributed by atoms with E-state index in [4.69, 9.17) is 14.2 Å². The fourth-order valence-electron chi connectivity index (χ4n) is 3.67. The Morgan fingerprint density at radius 2 is 2.19 bits per heavy atom. The first-order valence-electron chi connectivity index (χ1n) is 9.36. The van der Waals surface area contributed by atoms with Crippen molar-refractivity contribution in [2.75, 3.05) is 39.5 Å². The minimum Gasteiger partial charge on any atom is -0.379 e. The van der Waals surface area contributed by atoms with Crippen LogP contribution in [0.15, 0.2) is 18.3 Å². The van der Waals surface area contributed by atoms with E-state index in [0.717, 1.165) is 31.9 Å². The van der Waals surface area contributed by atoms with Gasteiger partial charge < -0.3 is 19.1 Å². The van der Waals surface area contributed by atoms with E-state index in [-0.39, 0.29) is 23.3 Å². The SMILES string of the molecule is CCOCCOC1CCOC2(CCN(C(=O)c3ccc(F)cn3)CC2)C1. The topological polar surface area (TPSA) is 60.9 Å². The van der Waals surface area contributed by atoms with Gasteiger partial charge in [-0.15, -0.1) is 0 Å². The summed E-state index contributed by atoms with van der Waals surface area (Å²) < 4.78 is 30.3.